The topological polar surface area (TPSA) is 54.0 Å². The maximum absolute atomic E-state index is 12.9. The van der Waals surface area contributed by atoms with Crippen LogP contribution in [0, 0.1) is 0 Å². The summed E-state index contributed by atoms with van der Waals surface area (Å²) in [6, 6.07) is 2.91. The van der Waals surface area contributed by atoms with Gasteiger partial charge in [0.1, 0.15) is 6.04 Å². The molecule has 4 nitrogen and oxygen atoms in total. The first kappa shape index (κ1) is 23.2. The number of allylic oxidation sites excluding steroid dienone is 1. The second-order valence-electron chi connectivity index (χ2n) is 6.47. The van der Waals surface area contributed by atoms with E-state index in [-0.39, 0.29) is 11.3 Å². The Bertz CT molecular complexity index is 877. The summed E-state index contributed by atoms with van der Waals surface area (Å²) < 4.78 is 76.8. The minimum Gasteiger partial charge on any atom is -0.327 e. The van der Waals surface area contributed by atoms with E-state index in [4.69, 9.17) is 0 Å². The number of carbonyl (C=O) groups is 1. The van der Waals surface area contributed by atoms with Crippen molar-refractivity contribution in [2.75, 3.05) is 0 Å². The number of amides is 2. The minimum atomic E-state index is -4.65. The molecule has 1 aromatic carbocycles. The van der Waals surface area contributed by atoms with E-state index in [1.54, 1.807) is 23.5 Å². The third kappa shape index (κ3) is 5.98. The Kier molecular flexibility index (Phi) is 7.12. The molecule has 2 amide bonds. The maximum Gasteiger partial charge on any atom is 0.416 e. The zero-order chi connectivity index (χ0) is 22.5. The van der Waals surface area contributed by atoms with Crippen LogP contribution in [0.1, 0.15) is 35.3 Å². The van der Waals surface area contributed by atoms with Gasteiger partial charge in [-0.1, -0.05) is 24.3 Å². The summed E-state index contributed by atoms with van der Waals surface area (Å²) in [6.07, 6.45) is -5.89. The first-order valence-corrected chi connectivity index (χ1v) is 8.79. The van der Waals surface area contributed by atoms with Crippen LogP contribution in [0.4, 0.5) is 31.1 Å². The third-order valence-electron chi connectivity index (χ3n) is 4.25. The van der Waals surface area contributed by atoms with Crippen molar-refractivity contribution in [3.63, 3.8) is 0 Å². The Morgan fingerprint density at radius 1 is 1.10 bits per heavy atom. The van der Waals surface area contributed by atoms with Crippen LogP contribution in [0.15, 0.2) is 55.3 Å². The highest BCUT2D eigenvalue weighted by atomic mass is 19.4. The van der Waals surface area contributed by atoms with Crippen LogP contribution >= 0.6 is 0 Å². The second kappa shape index (κ2) is 9.19. The van der Waals surface area contributed by atoms with E-state index in [9.17, 15) is 31.1 Å². The fraction of sp³-hybridized carbons (Fsp3) is 0.300. The molecule has 0 spiro atoms. The molecule has 2 aromatic rings. The molecule has 0 aliphatic rings. The van der Waals surface area contributed by atoms with E-state index in [0.717, 1.165) is 31.2 Å². The van der Waals surface area contributed by atoms with Crippen molar-refractivity contribution in [2.45, 2.75) is 37.8 Å². The molecule has 1 unspecified atom stereocenters. The number of hydrogen-bond donors (Lipinski definition) is 2. The number of halogens is 6. The molecule has 30 heavy (non-hydrogen) atoms. The van der Waals surface area contributed by atoms with Crippen LogP contribution in [0.3, 0.4) is 0 Å². The highest BCUT2D eigenvalue weighted by molar-refractivity contribution is 5.75. The van der Waals surface area contributed by atoms with E-state index in [2.05, 4.69) is 16.9 Å². The molecule has 0 saturated heterocycles. The Hall–Kier alpha value is -3.04. The molecule has 1 aromatic heterocycles. The lowest BCUT2D eigenvalue weighted by molar-refractivity contribution is -0.148. The molecular formula is C20H19F6N3O. The summed E-state index contributed by atoms with van der Waals surface area (Å²) in [5.41, 5.74) is 0.225. The molecule has 0 aliphatic heterocycles. The first-order chi connectivity index (χ1) is 13.9. The summed E-state index contributed by atoms with van der Waals surface area (Å²) in [5, 5.41) is 4.16. The van der Waals surface area contributed by atoms with Gasteiger partial charge >= 0.3 is 18.4 Å². The number of alkyl halides is 6. The number of rotatable bonds is 6. The average Bonchev–Trinajstić information content (AvgIpc) is 2.66. The van der Waals surface area contributed by atoms with E-state index >= 15 is 0 Å². The molecular weight excluding hydrogens is 412 g/mol. The molecule has 2 N–H and O–H groups in total. The number of nitrogens with zero attached hydrogens (tertiary/aromatic N) is 1. The van der Waals surface area contributed by atoms with Gasteiger partial charge < -0.3 is 10.6 Å². The van der Waals surface area contributed by atoms with Gasteiger partial charge in [0.05, 0.1) is 17.3 Å². The number of carbonyl (C=O) groups excluding carboxylic acids is 1. The van der Waals surface area contributed by atoms with Crippen LogP contribution in [-0.2, 0) is 12.6 Å². The predicted octanol–water partition coefficient (Wildman–Crippen LogP) is 5.17. The Labute approximate surface area is 169 Å². The second-order valence-corrected chi connectivity index (χ2v) is 6.47. The zero-order valence-electron chi connectivity index (χ0n) is 15.8. The number of benzene rings is 1. The minimum absolute atomic E-state index is 0.224. The first-order valence-electron chi connectivity index (χ1n) is 8.79. The number of urea groups is 1. The molecule has 10 heteroatoms. The van der Waals surface area contributed by atoms with Crippen molar-refractivity contribution in [1.82, 2.24) is 15.6 Å². The molecule has 0 aliphatic carbocycles. The van der Waals surface area contributed by atoms with Crippen molar-refractivity contribution >= 4 is 6.03 Å². The quantitative estimate of drug-likeness (QED) is 0.490. The van der Waals surface area contributed by atoms with Crippen LogP contribution in [0.5, 0.6) is 0 Å². The summed E-state index contributed by atoms with van der Waals surface area (Å²) >= 11 is 0. The van der Waals surface area contributed by atoms with Crippen LogP contribution in [0.25, 0.3) is 0 Å². The maximum atomic E-state index is 12.9. The van der Waals surface area contributed by atoms with E-state index < -0.39 is 36.0 Å². The predicted molar refractivity (Wildman–Crippen MR) is 98.6 cm³/mol. The molecule has 1 heterocycles. The lowest BCUT2D eigenvalue weighted by Gasteiger charge is -2.24. The molecule has 162 valence electrons. The van der Waals surface area contributed by atoms with Gasteiger partial charge in [-0.25, -0.2) is 4.79 Å². The smallest absolute Gasteiger partial charge is 0.327 e. The summed E-state index contributed by atoms with van der Waals surface area (Å²) in [7, 11) is 0. The van der Waals surface area contributed by atoms with Gasteiger partial charge in [-0.05, 0) is 42.7 Å². The molecule has 0 bridgehead atoms. The lowest BCUT2D eigenvalue weighted by atomic mass is 9.97. The highest BCUT2D eigenvalue weighted by Crippen LogP contribution is 2.31. The largest absolute Gasteiger partial charge is 0.416 e. The molecule has 2 atom stereocenters. The van der Waals surface area contributed by atoms with Crippen LogP contribution < -0.4 is 10.6 Å². The fourth-order valence-corrected chi connectivity index (χ4v) is 2.66. The molecule has 2 rings (SSSR count). The normalized spacial score (nSPS) is 14.0. The lowest BCUT2D eigenvalue weighted by Crippen LogP contribution is -2.48. The van der Waals surface area contributed by atoms with Gasteiger partial charge in [-0.2, -0.15) is 26.3 Å². The SMILES string of the molecule is C=CCc1cccnc1[C@@H](NC(=O)NC(C)C(F)(F)F)c1ccc(C(F)(F)F)cc1. The van der Waals surface area contributed by atoms with Crippen molar-refractivity contribution < 1.29 is 31.1 Å². The third-order valence-corrected chi connectivity index (χ3v) is 4.25. The number of pyridine rings is 1. The number of hydrogen-bond acceptors (Lipinski definition) is 2. The monoisotopic (exact) mass is 431 g/mol. The van der Waals surface area contributed by atoms with Crippen molar-refractivity contribution in [1.29, 1.82) is 0 Å². The fourth-order valence-electron chi connectivity index (χ4n) is 2.66. The van der Waals surface area contributed by atoms with Crippen LogP contribution in [-0.4, -0.2) is 23.2 Å². The van der Waals surface area contributed by atoms with Gasteiger partial charge in [0.25, 0.3) is 0 Å². The van der Waals surface area contributed by atoms with E-state index in [0.29, 0.717) is 12.0 Å². The van der Waals surface area contributed by atoms with Crippen molar-refractivity contribution in [3.05, 3.63) is 77.6 Å². The molecule has 0 fully saturated rings. The number of nitrogens with one attached hydrogen (secondary N) is 2. The summed E-state index contributed by atoms with van der Waals surface area (Å²) in [6.45, 7) is 4.39. The Morgan fingerprint density at radius 3 is 2.27 bits per heavy atom. The van der Waals surface area contributed by atoms with Gasteiger partial charge in [0.15, 0.2) is 0 Å². The molecule has 0 saturated carbocycles. The standard InChI is InChI=1S/C20H19F6N3O/c1-3-5-13-6-4-11-27-16(13)17(29-18(30)28-12(2)19(21,22)23)14-7-9-15(10-8-14)20(24,25)26/h3-4,6-12,17H,1,5H2,2H3,(H2,28,29,30)/t12?,17-/m0/s1. The Balaban J connectivity index is 2.41. The summed E-state index contributed by atoms with van der Waals surface area (Å²) in [5.74, 6) is 0. The van der Waals surface area contributed by atoms with Gasteiger partial charge in [0, 0.05) is 6.20 Å². The van der Waals surface area contributed by atoms with Gasteiger partial charge in [-0.3, -0.25) is 4.98 Å². The van der Waals surface area contributed by atoms with E-state index in [1.165, 1.54) is 6.20 Å². The zero-order valence-corrected chi connectivity index (χ0v) is 15.8. The van der Waals surface area contributed by atoms with Gasteiger partial charge in [0.2, 0.25) is 0 Å². The summed E-state index contributed by atoms with van der Waals surface area (Å²) in [4.78, 5) is 16.4. The molecule has 0 radical (unpaired) electrons. The van der Waals surface area contributed by atoms with Crippen molar-refractivity contribution in [3.8, 4) is 0 Å². The van der Waals surface area contributed by atoms with Crippen LogP contribution in [0.2, 0.25) is 0 Å². The van der Waals surface area contributed by atoms with Gasteiger partial charge in [-0.15, -0.1) is 6.58 Å². The number of aromatic nitrogens is 1. The Morgan fingerprint density at radius 2 is 1.73 bits per heavy atom. The van der Waals surface area contributed by atoms with E-state index in [1.807, 2.05) is 0 Å². The average molecular weight is 431 g/mol. The highest BCUT2D eigenvalue weighted by Gasteiger charge is 2.37. The van der Waals surface area contributed by atoms with Crippen molar-refractivity contribution in [2.24, 2.45) is 0 Å².